The van der Waals surface area contributed by atoms with Crippen LogP contribution in [0.2, 0.25) is 0 Å². The van der Waals surface area contributed by atoms with Crippen molar-refractivity contribution in [2.75, 3.05) is 7.11 Å². The Morgan fingerprint density at radius 2 is 1.65 bits per heavy atom. The van der Waals surface area contributed by atoms with Crippen molar-refractivity contribution in [3.63, 3.8) is 0 Å². The molecular formula is C25H22F2N4O3. The van der Waals surface area contributed by atoms with Crippen molar-refractivity contribution in [3.8, 4) is 17.0 Å². The predicted molar refractivity (Wildman–Crippen MR) is 124 cm³/mol. The maximum atomic E-state index is 14.3. The Morgan fingerprint density at radius 3 is 2.32 bits per heavy atom. The molecule has 0 amide bonds. The zero-order valence-electron chi connectivity index (χ0n) is 18.3. The van der Waals surface area contributed by atoms with E-state index in [1.807, 2.05) is 6.07 Å². The molecule has 4 rings (SSSR count). The molecular weight excluding hydrogens is 442 g/mol. The second kappa shape index (κ2) is 9.80. The maximum Gasteiger partial charge on any atom is 0.347 e. The van der Waals surface area contributed by atoms with E-state index in [4.69, 9.17) is 10.5 Å². The molecule has 0 aliphatic heterocycles. The number of nitrogens with zero attached hydrogens (tertiary/aromatic N) is 3. The van der Waals surface area contributed by atoms with Crippen LogP contribution in [-0.4, -0.2) is 21.5 Å². The molecule has 1 aromatic heterocycles. The largest absolute Gasteiger partial charge is 0.497 e. The van der Waals surface area contributed by atoms with Crippen LogP contribution in [0.15, 0.2) is 82.4 Å². The summed E-state index contributed by atoms with van der Waals surface area (Å²) in [6.45, 7) is -0.657. The number of rotatable bonds is 7. The lowest BCUT2D eigenvalue weighted by molar-refractivity contribution is 0.415. The first-order valence-electron chi connectivity index (χ1n) is 10.5. The molecule has 0 fully saturated rings. The van der Waals surface area contributed by atoms with E-state index in [2.05, 4.69) is 5.10 Å². The van der Waals surface area contributed by atoms with Crippen LogP contribution in [-0.2, 0) is 13.1 Å². The SMILES string of the molecule is COc1cccc(-c2nn(Cc3c(F)cccc3F)c(=O)n(CC(N)c3ccccc3)c2=O)c1. The van der Waals surface area contributed by atoms with Gasteiger partial charge in [-0.2, -0.15) is 5.10 Å². The second-order valence-electron chi connectivity index (χ2n) is 7.65. The van der Waals surface area contributed by atoms with Gasteiger partial charge in [0.05, 0.1) is 20.2 Å². The number of ether oxygens (including phenoxy) is 1. The smallest absolute Gasteiger partial charge is 0.347 e. The minimum atomic E-state index is -0.828. The number of hydrogen-bond donors (Lipinski definition) is 1. The third-order valence-corrected chi connectivity index (χ3v) is 5.44. The fourth-order valence-electron chi connectivity index (χ4n) is 3.61. The number of benzene rings is 3. The molecule has 0 bridgehead atoms. The summed E-state index contributed by atoms with van der Waals surface area (Å²) < 4.78 is 35.7. The van der Waals surface area contributed by atoms with E-state index < -0.39 is 35.5 Å². The van der Waals surface area contributed by atoms with Gasteiger partial charge in [-0.05, 0) is 29.8 Å². The lowest BCUT2D eigenvalue weighted by atomic mass is 10.1. The highest BCUT2D eigenvalue weighted by Crippen LogP contribution is 2.20. The molecule has 0 saturated heterocycles. The summed E-state index contributed by atoms with van der Waals surface area (Å²) in [7, 11) is 1.48. The summed E-state index contributed by atoms with van der Waals surface area (Å²) in [6, 6.07) is 18.3. The fourth-order valence-corrected chi connectivity index (χ4v) is 3.61. The highest BCUT2D eigenvalue weighted by molar-refractivity contribution is 5.59. The topological polar surface area (TPSA) is 92.1 Å². The summed E-state index contributed by atoms with van der Waals surface area (Å²) in [5.41, 5.74) is 5.47. The van der Waals surface area contributed by atoms with Gasteiger partial charge >= 0.3 is 5.69 Å². The monoisotopic (exact) mass is 464 g/mol. The third kappa shape index (κ3) is 4.65. The normalized spacial score (nSPS) is 11.9. The minimum Gasteiger partial charge on any atom is -0.497 e. The Kier molecular flexibility index (Phi) is 6.65. The van der Waals surface area contributed by atoms with E-state index in [-0.39, 0.29) is 17.8 Å². The van der Waals surface area contributed by atoms with E-state index in [0.717, 1.165) is 26.9 Å². The van der Waals surface area contributed by atoms with Crippen molar-refractivity contribution in [1.29, 1.82) is 0 Å². The summed E-state index contributed by atoms with van der Waals surface area (Å²) in [5, 5.41) is 4.18. The van der Waals surface area contributed by atoms with Crippen LogP contribution in [0.25, 0.3) is 11.3 Å². The molecule has 1 atom stereocenters. The Labute approximate surface area is 193 Å². The number of methoxy groups -OCH3 is 1. The van der Waals surface area contributed by atoms with Crippen LogP contribution in [0, 0.1) is 11.6 Å². The predicted octanol–water partition coefficient (Wildman–Crippen LogP) is 3.11. The van der Waals surface area contributed by atoms with E-state index in [1.54, 1.807) is 48.5 Å². The molecule has 7 nitrogen and oxygen atoms in total. The molecule has 1 heterocycles. The second-order valence-corrected chi connectivity index (χ2v) is 7.65. The van der Waals surface area contributed by atoms with Crippen LogP contribution in [0.1, 0.15) is 17.2 Å². The van der Waals surface area contributed by atoms with Crippen molar-refractivity contribution >= 4 is 0 Å². The Hall–Kier alpha value is -4.11. The van der Waals surface area contributed by atoms with Crippen molar-refractivity contribution in [2.45, 2.75) is 19.1 Å². The summed E-state index contributed by atoms with van der Waals surface area (Å²) in [4.78, 5) is 26.6. The Bertz CT molecular complexity index is 1410. The van der Waals surface area contributed by atoms with Crippen LogP contribution in [0.3, 0.4) is 0 Å². The molecule has 3 aromatic carbocycles. The van der Waals surface area contributed by atoms with Gasteiger partial charge in [-0.1, -0.05) is 48.5 Å². The highest BCUT2D eigenvalue weighted by atomic mass is 19.1. The van der Waals surface area contributed by atoms with Gasteiger partial charge in [-0.25, -0.2) is 18.3 Å². The number of halogens is 2. The maximum absolute atomic E-state index is 14.3. The van der Waals surface area contributed by atoms with Crippen molar-refractivity contribution < 1.29 is 13.5 Å². The van der Waals surface area contributed by atoms with Crippen LogP contribution in [0.4, 0.5) is 8.78 Å². The number of hydrogen-bond acceptors (Lipinski definition) is 5. The van der Waals surface area contributed by atoms with E-state index >= 15 is 0 Å². The molecule has 4 aromatic rings. The van der Waals surface area contributed by atoms with Crippen LogP contribution >= 0.6 is 0 Å². The first kappa shape index (κ1) is 23.1. The Morgan fingerprint density at radius 1 is 0.971 bits per heavy atom. The van der Waals surface area contributed by atoms with Gasteiger partial charge in [-0.15, -0.1) is 0 Å². The summed E-state index contributed by atoms with van der Waals surface area (Å²) in [5.74, 6) is -1.17. The van der Waals surface area contributed by atoms with Gasteiger partial charge in [0.1, 0.15) is 17.4 Å². The molecule has 9 heteroatoms. The van der Waals surface area contributed by atoms with Gasteiger partial charge in [0.15, 0.2) is 5.69 Å². The van der Waals surface area contributed by atoms with Crippen molar-refractivity contribution in [2.24, 2.45) is 5.73 Å². The quantitative estimate of drug-likeness (QED) is 0.454. The van der Waals surface area contributed by atoms with Crippen LogP contribution in [0.5, 0.6) is 5.75 Å². The average Bonchev–Trinajstić information content (AvgIpc) is 2.85. The number of nitrogens with two attached hydrogens (primary N) is 1. The minimum absolute atomic E-state index is 0.0736. The zero-order chi connectivity index (χ0) is 24.2. The fraction of sp³-hybridized carbons (Fsp3) is 0.160. The van der Waals surface area contributed by atoms with Crippen molar-refractivity contribution in [3.05, 3.63) is 116 Å². The highest BCUT2D eigenvalue weighted by Gasteiger charge is 2.20. The van der Waals surface area contributed by atoms with E-state index in [9.17, 15) is 18.4 Å². The molecule has 34 heavy (non-hydrogen) atoms. The van der Waals surface area contributed by atoms with Gasteiger partial charge < -0.3 is 10.5 Å². The molecule has 1 unspecified atom stereocenters. The number of aromatic nitrogens is 3. The zero-order valence-corrected chi connectivity index (χ0v) is 18.3. The molecule has 0 aliphatic rings. The van der Waals surface area contributed by atoms with E-state index in [0.29, 0.717) is 11.3 Å². The van der Waals surface area contributed by atoms with Crippen LogP contribution < -0.4 is 21.7 Å². The summed E-state index contributed by atoms with van der Waals surface area (Å²) >= 11 is 0. The standard InChI is InChI=1S/C25H22F2N4O3/c1-34-18-10-5-9-17(13-18)23-24(32)30(15-22(28)16-7-3-2-4-8-16)25(33)31(29-23)14-19-20(26)11-6-12-21(19)27/h2-13,22H,14-15,28H2,1H3. The molecule has 0 radical (unpaired) electrons. The van der Waals surface area contributed by atoms with Crippen molar-refractivity contribution in [1.82, 2.24) is 14.3 Å². The van der Waals surface area contributed by atoms with Gasteiger partial charge in [0.2, 0.25) is 0 Å². The molecule has 0 aliphatic carbocycles. The lowest BCUT2D eigenvalue weighted by Crippen LogP contribution is -2.44. The van der Waals surface area contributed by atoms with E-state index in [1.165, 1.54) is 13.2 Å². The van der Waals surface area contributed by atoms with Gasteiger partial charge in [0, 0.05) is 17.2 Å². The van der Waals surface area contributed by atoms with Gasteiger partial charge in [-0.3, -0.25) is 9.36 Å². The third-order valence-electron chi connectivity index (χ3n) is 5.44. The first-order valence-corrected chi connectivity index (χ1v) is 10.5. The summed E-state index contributed by atoms with van der Waals surface area (Å²) in [6.07, 6.45) is 0. The Balaban J connectivity index is 1.88. The average molecular weight is 464 g/mol. The molecule has 2 N–H and O–H groups in total. The molecule has 0 spiro atoms. The molecule has 174 valence electrons. The lowest BCUT2D eigenvalue weighted by Gasteiger charge is -2.17. The van der Waals surface area contributed by atoms with Gasteiger partial charge in [0.25, 0.3) is 5.56 Å². The molecule has 0 saturated carbocycles. The first-order chi connectivity index (χ1) is 16.4.